The molecule has 0 aliphatic heterocycles. The molecule has 0 aliphatic carbocycles. The summed E-state index contributed by atoms with van der Waals surface area (Å²) in [5.74, 6) is 0. The number of rotatable bonds is 6. The van der Waals surface area contributed by atoms with Crippen LogP contribution in [-0.2, 0) is 16.6 Å². The van der Waals surface area contributed by atoms with Crippen molar-refractivity contribution in [3.05, 3.63) is 65.0 Å². The molecule has 0 atom stereocenters. The number of nitrogens with one attached hydrogen (secondary N) is 2. The van der Waals surface area contributed by atoms with Gasteiger partial charge in [-0.3, -0.25) is 4.72 Å². The SMILES string of the molecule is Cc1sc(NCc2ccccc2)nc1-c1ccc(NS(C)(=O)=O)cc1. The Morgan fingerprint density at radius 3 is 2.36 bits per heavy atom. The third-order valence-corrected chi connectivity index (χ3v) is 5.08. The van der Waals surface area contributed by atoms with Crippen molar-refractivity contribution in [2.45, 2.75) is 13.5 Å². The molecule has 0 bridgehead atoms. The first-order valence-corrected chi connectivity index (χ1v) is 10.4. The van der Waals surface area contributed by atoms with Crippen LogP contribution in [0, 0.1) is 6.92 Å². The smallest absolute Gasteiger partial charge is 0.229 e. The van der Waals surface area contributed by atoms with E-state index in [1.54, 1.807) is 23.5 Å². The van der Waals surface area contributed by atoms with E-state index < -0.39 is 10.0 Å². The molecule has 0 aliphatic rings. The van der Waals surface area contributed by atoms with Crippen molar-refractivity contribution in [1.29, 1.82) is 0 Å². The predicted octanol–water partition coefficient (Wildman–Crippen LogP) is 4.10. The van der Waals surface area contributed by atoms with Crippen molar-refractivity contribution in [3.8, 4) is 11.3 Å². The van der Waals surface area contributed by atoms with Gasteiger partial charge in [0.1, 0.15) is 0 Å². The minimum absolute atomic E-state index is 0.543. The zero-order chi connectivity index (χ0) is 17.9. The average molecular weight is 374 g/mol. The lowest BCUT2D eigenvalue weighted by molar-refractivity contribution is 0.607. The van der Waals surface area contributed by atoms with Gasteiger partial charge in [0.2, 0.25) is 10.0 Å². The Labute approximate surface area is 151 Å². The highest BCUT2D eigenvalue weighted by Crippen LogP contribution is 2.31. The molecule has 1 aromatic heterocycles. The molecule has 5 nitrogen and oxygen atoms in total. The molecule has 3 aromatic rings. The van der Waals surface area contributed by atoms with Crippen molar-refractivity contribution >= 4 is 32.2 Å². The summed E-state index contributed by atoms with van der Waals surface area (Å²) in [5, 5.41) is 4.22. The van der Waals surface area contributed by atoms with E-state index in [1.165, 1.54) is 5.56 Å². The van der Waals surface area contributed by atoms with Crippen LogP contribution in [0.3, 0.4) is 0 Å². The molecule has 0 saturated carbocycles. The summed E-state index contributed by atoms with van der Waals surface area (Å²) < 4.78 is 25.0. The lowest BCUT2D eigenvalue weighted by Crippen LogP contribution is -2.09. The molecule has 25 heavy (non-hydrogen) atoms. The molecule has 1 heterocycles. The van der Waals surface area contributed by atoms with Crippen LogP contribution < -0.4 is 10.0 Å². The molecule has 2 N–H and O–H groups in total. The van der Waals surface area contributed by atoms with E-state index in [0.717, 1.165) is 34.1 Å². The molecular formula is C18H19N3O2S2. The number of benzene rings is 2. The number of aryl methyl sites for hydroxylation is 1. The molecule has 0 saturated heterocycles. The molecular weight excluding hydrogens is 354 g/mol. The Bertz CT molecular complexity index is 950. The highest BCUT2D eigenvalue weighted by atomic mass is 32.2. The fraction of sp³-hybridized carbons (Fsp3) is 0.167. The van der Waals surface area contributed by atoms with Gasteiger partial charge < -0.3 is 5.32 Å². The summed E-state index contributed by atoms with van der Waals surface area (Å²) >= 11 is 1.61. The number of nitrogens with zero attached hydrogens (tertiary/aromatic N) is 1. The summed E-state index contributed by atoms with van der Waals surface area (Å²) in [5.41, 5.74) is 3.61. The van der Waals surface area contributed by atoms with Crippen LogP contribution in [0.1, 0.15) is 10.4 Å². The van der Waals surface area contributed by atoms with Gasteiger partial charge in [0.05, 0.1) is 11.9 Å². The largest absolute Gasteiger partial charge is 0.357 e. The van der Waals surface area contributed by atoms with Gasteiger partial charge in [0.15, 0.2) is 5.13 Å². The molecule has 0 unspecified atom stereocenters. The van der Waals surface area contributed by atoms with Crippen molar-refractivity contribution in [2.24, 2.45) is 0 Å². The Balaban J connectivity index is 1.73. The number of thiazole rings is 1. The van der Waals surface area contributed by atoms with Crippen LogP contribution >= 0.6 is 11.3 Å². The van der Waals surface area contributed by atoms with Gasteiger partial charge in [0, 0.05) is 22.7 Å². The minimum Gasteiger partial charge on any atom is -0.357 e. The van der Waals surface area contributed by atoms with Crippen molar-refractivity contribution in [3.63, 3.8) is 0 Å². The van der Waals surface area contributed by atoms with Crippen LogP contribution in [0.4, 0.5) is 10.8 Å². The summed E-state index contributed by atoms with van der Waals surface area (Å²) in [6, 6.07) is 17.4. The van der Waals surface area contributed by atoms with Crippen LogP contribution in [0.25, 0.3) is 11.3 Å². The first-order valence-electron chi connectivity index (χ1n) is 7.74. The Morgan fingerprint density at radius 1 is 1.04 bits per heavy atom. The summed E-state index contributed by atoms with van der Waals surface area (Å²) in [7, 11) is -3.27. The van der Waals surface area contributed by atoms with E-state index in [4.69, 9.17) is 0 Å². The topological polar surface area (TPSA) is 71.1 Å². The van der Waals surface area contributed by atoms with Crippen molar-refractivity contribution in [2.75, 3.05) is 16.3 Å². The molecule has 2 aromatic carbocycles. The van der Waals surface area contributed by atoms with Gasteiger partial charge in [-0.2, -0.15) is 0 Å². The average Bonchev–Trinajstić information content (AvgIpc) is 2.94. The second kappa shape index (κ2) is 7.25. The second-order valence-corrected chi connectivity index (χ2v) is 8.67. The van der Waals surface area contributed by atoms with Gasteiger partial charge in [-0.15, -0.1) is 11.3 Å². The molecule has 0 spiro atoms. The molecule has 3 rings (SSSR count). The van der Waals surface area contributed by atoms with E-state index in [9.17, 15) is 8.42 Å². The molecule has 7 heteroatoms. The van der Waals surface area contributed by atoms with E-state index in [2.05, 4.69) is 27.2 Å². The Kier molecular flexibility index (Phi) is 5.06. The van der Waals surface area contributed by atoms with Crippen molar-refractivity contribution in [1.82, 2.24) is 4.98 Å². The maximum atomic E-state index is 11.3. The third kappa shape index (κ3) is 4.80. The normalized spacial score (nSPS) is 11.3. The maximum absolute atomic E-state index is 11.3. The summed E-state index contributed by atoms with van der Waals surface area (Å²) in [6.45, 7) is 2.76. The first kappa shape index (κ1) is 17.4. The molecule has 0 radical (unpaired) electrons. The fourth-order valence-electron chi connectivity index (χ4n) is 2.42. The molecule has 0 fully saturated rings. The van der Waals surface area contributed by atoms with Crippen LogP contribution in [0.5, 0.6) is 0 Å². The van der Waals surface area contributed by atoms with Gasteiger partial charge in [-0.05, 0) is 24.6 Å². The predicted molar refractivity (Wildman–Crippen MR) is 105 cm³/mol. The standard InChI is InChI=1S/C18H19N3O2S2/c1-13-17(15-8-10-16(11-9-15)21-25(2,22)23)20-18(24-13)19-12-14-6-4-3-5-7-14/h3-11,21H,12H2,1-2H3,(H,19,20). The lowest BCUT2D eigenvalue weighted by atomic mass is 10.1. The van der Waals surface area contributed by atoms with E-state index in [-0.39, 0.29) is 0 Å². The minimum atomic E-state index is -3.27. The summed E-state index contributed by atoms with van der Waals surface area (Å²) in [6.07, 6.45) is 1.14. The number of hydrogen-bond acceptors (Lipinski definition) is 5. The first-order chi connectivity index (χ1) is 11.9. The zero-order valence-electron chi connectivity index (χ0n) is 14.0. The van der Waals surface area contributed by atoms with Gasteiger partial charge in [-0.25, -0.2) is 13.4 Å². The Hall–Kier alpha value is -2.38. The highest BCUT2D eigenvalue weighted by molar-refractivity contribution is 7.92. The van der Waals surface area contributed by atoms with Crippen LogP contribution in [-0.4, -0.2) is 19.7 Å². The lowest BCUT2D eigenvalue weighted by Gasteiger charge is -2.05. The van der Waals surface area contributed by atoms with Gasteiger partial charge >= 0.3 is 0 Å². The van der Waals surface area contributed by atoms with E-state index in [0.29, 0.717) is 5.69 Å². The van der Waals surface area contributed by atoms with Crippen LogP contribution in [0.15, 0.2) is 54.6 Å². The maximum Gasteiger partial charge on any atom is 0.229 e. The molecule has 130 valence electrons. The molecule has 0 amide bonds. The highest BCUT2D eigenvalue weighted by Gasteiger charge is 2.10. The van der Waals surface area contributed by atoms with Crippen LogP contribution in [0.2, 0.25) is 0 Å². The fourth-order valence-corrected chi connectivity index (χ4v) is 3.82. The van der Waals surface area contributed by atoms with E-state index >= 15 is 0 Å². The number of anilines is 2. The number of hydrogen-bond donors (Lipinski definition) is 2. The Morgan fingerprint density at radius 2 is 1.72 bits per heavy atom. The summed E-state index contributed by atoms with van der Waals surface area (Å²) in [4.78, 5) is 5.78. The van der Waals surface area contributed by atoms with E-state index in [1.807, 2.05) is 37.3 Å². The number of sulfonamides is 1. The van der Waals surface area contributed by atoms with Crippen molar-refractivity contribution < 1.29 is 8.42 Å². The quantitative estimate of drug-likeness (QED) is 0.682. The monoisotopic (exact) mass is 373 g/mol. The van der Waals surface area contributed by atoms with Gasteiger partial charge in [0.25, 0.3) is 0 Å². The van der Waals surface area contributed by atoms with Gasteiger partial charge in [-0.1, -0.05) is 42.5 Å². The second-order valence-electron chi connectivity index (χ2n) is 5.71. The third-order valence-electron chi connectivity index (χ3n) is 3.54. The number of aromatic nitrogens is 1. The zero-order valence-corrected chi connectivity index (χ0v) is 15.6.